The van der Waals surface area contributed by atoms with E-state index in [4.69, 9.17) is 0 Å². The molecule has 0 spiro atoms. The zero-order valence-electron chi connectivity index (χ0n) is 12.5. The Kier molecular flexibility index (Phi) is 4.91. The summed E-state index contributed by atoms with van der Waals surface area (Å²) >= 11 is 0. The Morgan fingerprint density at radius 1 is 1.00 bits per heavy atom. The highest BCUT2D eigenvalue weighted by molar-refractivity contribution is 5.68. The third-order valence-corrected chi connectivity index (χ3v) is 3.34. The molecule has 2 heteroatoms. The van der Waals surface area contributed by atoms with Crippen molar-refractivity contribution in [2.75, 3.05) is 6.54 Å². The maximum atomic E-state index is 13.5. The van der Waals surface area contributed by atoms with Gasteiger partial charge in [-0.1, -0.05) is 42.3 Å². The van der Waals surface area contributed by atoms with Crippen molar-refractivity contribution in [1.82, 2.24) is 5.32 Å². The van der Waals surface area contributed by atoms with Crippen molar-refractivity contribution < 1.29 is 4.39 Å². The van der Waals surface area contributed by atoms with E-state index in [1.54, 1.807) is 6.07 Å². The molecule has 0 radical (unpaired) electrons. The first-order valence-corrected chi connectivity index (χ1v) is 7.18. The maximum absolute atomic E-state index is 13.5. The molecule has 0 amide bonds. The molecule has 2 aromatic carbocycles. The number of halogens is 1. The minimum Gasteiger partial charge on any atom is -0.313 e. The summed E-state index contributed by atoms with van der Waals surface area (Å²) in [6.07, 6.45) is 1.08. The molecular weight excluding hydrogens is 249 g/mol. The Bertz CT molecular complexity index is 570. The number of aryl methyl sites for hydroxylation is 2. The van der Waals surface area contributed by atoms with Gasteiger partial charge in [0.15, 0.2) is 0 Å². The summed E-state index contributed by atoms with van der Waals surface area (Å²) in [6, 6.07) is 11.5. The predicted molar refractivity (Wildman–Crippen MR) is 83.3 cm³/mol. The number of benzene rings is 2. The quantitative estimate of drug-likeness (QED) is 0.783. The topological polar surface area (TPSA) is 12.0 Å². The molecule has 1 N–H and O–H groups in total. The maximum Gasteiger partial charge on any atom is 0.123 e. The first-order valence-electron chi connectivity index (χ1n) is 7.18. The summed E-state index contributed by atoms with van der Waals surface area (Å²) < 4.78 is 13.5. The highest BCUT2D eigenvalue weighted by atomic mass is 19.1. The van der Waals surface area contributed by atoms with Crippen LogP contribution in [0.5, 0.6) is 0 Å². The normalized spacial score (nSPS) is 10.8. The lowest BCUT2D eigenvalue weighted by atomic mass is 9.96. The molecule has 0 aliphatic heterocycles. The minimum absolute atomic E-state index is 0.175. The third kappa shape index (κ3) is 3.67. The molecule has 20 heavy (non-hydrogen) atoms. The number of rotatable bonds is 5. The van der Waals surface area contributed by atoms with Gasteiger partial charge < -0.3 is 5.32 Å². The summed E-state index contributed by atoms with van der Waals surface area (Å²) in [5.41, 5.74) is 5.76. The molecule has 0 atom stereocenters. The van der Waals surface area contributed by atoms with Crippen molar-refractivity contribution in [2.45, 2.75) is 33.7 Å². The molecule has 2 rings (SSSR count). The number of nitrogens with one attached hydrogen (secondary N) is 1. The van der Waals surface area contributed by atoms with Crippen molar-refractivity contribution in [3.8, 4) is 11.1 Å². The molecule has 1 nitrogen and oxygen atoms in total. The zero-order valence-corrected chi connectivity index (χ0v) is 12.5. The van der Waals surface area contributed by atoms with Gasteiger partial charge in [-0.2, -0.15) is 0 Å². The van der Waals surface area contributed by atoms with Crippen molar-refractivity contribution >= 4 is 0 Å². The largest absolute Gasteiger partial charge is 0.313 e. The highest BCUT2D eigenvalue weighted by Crippen LogP contribution is 2.26. The van der Waals surface area contributed by atoms with Crippen molar-refractivity contribution in [3.63, 3.8) is 0 Å². The van der Waals surface area contributed by atoms with Crippen molar-refractivity contribution in [3.05, 3.63) is 58.9 Å². The standard InChI is InChI=1S/C18H22FN/c1-4-7-20-12-16-11-17(19)5-6-18(16)15-9-13(2)8-14(3)10-15/h5-6,8-11,20H,4,7,12H2,1-3H3. The summed E-state index contributed by atoms with van der Waals surface area (Å²) in [7, 11) is 0. The SMILES string of the molecule is CCCNCc1cc(F)ccc1-c1cc(C)cc(C)c1. The fourth-order valence-electron chi connectivity index (χ4n) is 2.52. The second-order valence-corrected chi connectivity index (χ2v) is 5.35. The lowest BCUT2D eigenvalue weighted by molar-refractivity contribution is 0.619. The molecule has 0 saturated carbocycles. The van der Waals surface area contributed by atoms with E-state index in [9.17, 15) is 4.39 Å². The summed E-state index contributed by atoms with van der Waals surface area (Å²) in [5.74, 6) is -0.175. The van der Waals surface area contributed by atoms with E-state index in [1.807, 2.05) is 6.07 Å². The van der Waals surface area contributed by atoms with Gasteiger partial charge >= 0.3 is 0 Å². The molecule has 106 valence electrons. The van der Waals surface area contributed by atoms with Gasteiger partial charge in [0.25, 0.3) is 0 Å². The lowest BCUT2D eigenvalue weighted by Gasteiger charge is -2.12. The van der Waals surface area contributed by atoms with Crippen molar-refractivity contribution in [2.24, 2.45) is 0 Å². The lowest BCUT2D eigenvalue weighted by Crippen LogP contribution is -2.14. The predicted octanol–water partition coefficient (Wildman–Crippen LogP) is 4.61. The van der Waals surface area contributed by atoms with Crippen LogP contribution in [0.15, 0.2) is 36.4 Å². The number of hydrogen-bond donors (Lipinski definition) is 1. The number of hydrogen-bond acceptors (Lipinski definition) is 1. The van der Waals surface area contributed by atoms with Crippen LogP contribution in [-0.2, 0) is 6.54 Å². The van der Waals surface area contributed by atoms with Gasteiger partial charge in [0.2, 0.25) is 0 Å². The van der Waals surface area contributed by atoms with E-state index in [0.717, 1.165) is 29.7 Å². The second kappa shape index (κ2) is 6.67. The molecular formula is C18H22FN. The molecule has 0 bridgehead atoms. The molecule has 0 aliphatic rings. The Morgan fingerprint density at radius 3 is 2.35 bits per heavy atom. The van der Waals surface area contributed by atoms with Crippen LogP contribution < -0.4 is 5.32 Å². The van der Waals surface area contributed by atoms with E-state index in [1.165, 1.54) is 17.2 Å². The second-order valence-electron chi connectivity index (χ2n) is 5.35. The van der Waals surface area contributed by atoms with Gasteiger partial charge in [0, 0.05) is 6.54 Å². The van der Waals surface area contributed by atoms with E-state index in [0.29, 0.717) is 6.54 Å². The first-order chi connectivity index (χ1) is 9.60. The average molecular weight is 271 g/mol. The van der Waals surface area contributed by atoms with Gasteiger partial charge in [-0.15, -0.1) is 0 Å². The van der Waals surface area contributed by atoms with Crippen molar-refractivity contribution in [1.29, 1.82) is 0 Å². The molecule has 0 saturated heterocycles. The minimum atomic E-state index is -0.175. The van der Waals surface area contributed by atoms with E-state index in [2.05, 4.69) is 44.3 Å². The van der Waals surface area contributed by atoms with Crippen LogP contribution in [0.25, 0.3) is 11.1 Å². The summed E-state index contributed by atoms with van der Waals surface area (Å²) in [4.78, 5) is 0. The summed E-state index contributed by atoms with van der Waals surface area (Å²) in [5, 5.41) is 3.35. The molecule has 2 aromatic rings. The smallest absolute Gasteiger partial charge is 0.123 e. The van der Waals surface area contributed by atoms with Gasteiger partial charge in [0.1, 0.15) is 5.82 Å². The molecule has 0 heterocycles. The Hall–Kier alpha value is -1.67. The molecule has 0 aromatic heterocycles. The van der Waals surface area contributed by atoms with E-state index in [-0.39, 0.29) is 5.82 Å². The fourth-order valence-corrected chi connectivity index (χ4v) is 2.52. The van der Waals surface area contributed by atoms with Crippen LogP contribution in [-0.4, -0.2) is 6.54 Å². The van der Waals surface area contributed by atoms with Crippen LogP contribution in [0.2, 0.25) is 0 Å². The van der Waals surface area contributed by atoms with Crippen LogP contribution in [0, 0.1) is 19.7 Å². The molecule has 0 aliphatic carbocycles. The summed E-state index contributed by atoms with van der Waals surface area (Å²) in [6.45, 7) is 7.96. The third-order valence-electron chi connectivity index (χ3n) is 3.34. The van der Waals surface area contributed by atoms with E-state index >= 15 is 0 Å². The van der Waals surface area contributed by atoms with Crippen LogP contribution in [0.1, 0.15) is 30.0 Å². The Labute approximate surface area is 120 Å². The van der Waals surface area contributed by atoms with Crippen LogP contribution in [0.4, 0.5) is 4.39 Å². The van der Waals surface area contributed by atoms with Gasteiger partial charge in [-0.05, 0) is 55.6 Å². The Balaban J connectivity index is 2.39. The van der Waals surface area contributed by atoms with E-state index < -0.39 is 0 Å². The molecule has 0 unspecified atom stereocenters. The van der Waals surface area contributed by atoms with Crippen LogP contribution >= 0.6 is 0 Å². The fraction of sp³-hybridized carbons (Fsp3) is 0.333. The molecule has 0 fully saturated rings. The van der Waals surface area contributed by atoms with Gasteiger partial charge in [-0.25, -0.2) is 4.39 Å². The zero-order chi connectivity index (χ0) is 14.5. The highest BCUT2D eigenvalue weighted by Gasteiger charge is 2.07. The monoisotopic (exact) mass is 271 g/mol. The van der Waals surface area contributed by atoms with Crippen LogP contribution in [0.3, 0.4) is 0 Å². The first kappa shape index (κ1) is 14.7. The van der Waals surface area contributed by atoms with Gasteiger partial charge in [0.05, 0.1) is 0 Å². The average Bonchev–Trinajstić information content (AvgIpc) is 2.38. The Morgan fingerprint density at radius 2 is 1.70 bits per heavy atom. The van der Waals surface area contributed by atoms with Gasteiger partial charge in [-0.3, -0.25) is 0 Å².